The summed E-state index contributed by atoms with van der Waals surface area (Å²) in [5.41, 5.74) is 1.46. The Morgan fingerprint density at radius 3 is 2.54 bits per heavy atom. The molecule has 1 aromatic carbocycles. The van der Waals surface area contributed by atoms with Gasteiger partial charge in [-0.1, -0.05) is 32.0 Å². The number of benzene rings is 1. The van der Waals surface area contributed by atoms with Crippen molar-refractivity contribution in [1.29, 1.82) is 0 Å². The minimum Gasteiger partial charge on any atom is -0.340 e. The zero-order valence-electron chi connectivity index (χ0n) is 21.9. The fraction of sp³-hybridized carbons (Fsp3) is 0.500. The van der Waals surface area contributed by atoms with Crippen LogP contribution >= 0.6 is 0 Å². The minimum atomic E-state index is -0.491. The van der Waals surface area contributed by atoms with Gasteiger partial charge in [-0.25, -0.2) is 9.78 Å². The molecule has 198 valence electrons. The molecule has 0 unspecified atom stereocenters. The molecule has 4 rings (SSSR count). The Morgan fingerprint density at radius 2 is 1.78 bits per heavy atom. The summed E-state index contributed by atoms with van der Waals surface area (Å²) in [7, 11) is 2.97. The number of rotatable bonds is 4. The molecule has 1 aliphatic rings. The van der Waals surface area contributed by atoms with Crippen molar-refractivity contribution in [2.45, 2.75) is 39.8 Å². The van der Waals surface area contributed by atoms with E-state index >= 15 is 0 Å². The van der Waals surface area contributed by atoms with Crippen molar-refractivity contribution >= 4 is 28.7 Å². The number of hydrogen-bond donors (Lipinski definition) is 1. The summed E-state index contributed by atoms with van der Waals surface area (Å²) < 4.78 is 3.89. The Bertz CT molecular complexity index is 1420. The maximum atomic E-state index is 13.4. The molecule has 0 saturated carbocycles. The SMILES string of the molecule is CC(C)CC(=O)N1CCCN(C(=O)Cn2cnc3c(=O)n(C)c(=O)n(C)c32)CCNCc2ccccc21. The molecule has 0 saturated heterocycles. The third-order valence-electron chi connectivity index (χ3n) is 6.72. The van der Waals surface area contributed by atoms with E-state index in [-0.39, 0.29) is 29.8 Å². The van der Waals surface area contributed by atoms with E-state index in [4.69, 9.17) is 0 Å². The number of aryl methyl sites for hydroxylation is 1. The molecule has 0 bridgehead atoms. The minimum absolute atomic E-state index is 0.0484. The van der Waals surface area contributed by atoms with Crippen molar-refractivity contribution in [2.75, 3.05) is 31.1 Å². The van der Waals surface area contributed by atoms with Crippen molar-refractivity contribution in [1.82, 2.24) is 28.9 Å². The highest BCUT2D eigenvalue weighted by Gasteiger charge is 2.23. The van der Waals surface area contributed by atoms with E-state index in [0.29, 0.717) is 51.2 Å². The van der Waals surface area contributed by atoms with Gasteiger partial charge in [-0.15, -0.1) is 0 Å². The molecular formula is C26H35N7O4. The second kappa shape index (κ2) is 11.1. The van der Waals surface area contributed by atoms with Crippen LogP contribution in [-0.2, 0) is 36.8 Å². The smallest absolute Gasteiger partial charge is 0.332 e. The van der Waals surface area contributed by atoms with Crippen LogP contribution in [0.5, 0.6) is 0 Å². The number of imidazole rings is 1. The van der Waals surface area contributed by atoms with E-state index in [9.17, 15) is 19.2 Å². The maximum Gasteiger partial charge on any atom is 0.332 e. The Morgan fingerprint density at radius 1 is 1.03 bits per heavy atom. The largest absolute Gasteiger partial charge is 0.340 e. The standard InChI is InChI=1S/C26H35N7O4/c1-18(2)14-21(34)33-12-7-11-31(13-10-27-15-19-8-5-6-9-20(19)33)22(35)16-32-17-28-23-24(32)29(3)26(37)30(4)25(23)36/h5-6,8-9,17-18,27H,7,10-16H2,1-4H3. The molecule has 3 heterocycles. The highest BCUT2D eigenvalue weighted by atomic mass is 16.2. The van der Waals surface area contributed by atoms with E-state index in [0.717, 1.165) is 15.8 Å². The Labute approximate surface area is 215 Å². The van der Waals surface area contributed by atoms with Crippen LogP contribution in [0.1, 0.15) is 32.3 Å². The maximum absolute atomic E-state index is 13.4. The highest BCUT2D eigenvalue weighted by Crippen LogP contribution is 2.23. The summed E-state index contributed by atoms with van der Waals surface area (Å²) in [5, 5.41) is 3.40. The number of amides is 2. The zero-order chi connectivity index (χ0) is 26.7. The van der Waals surface area contributed by atoms with Gasteiger partial charge in [-0.05, 0) is 24.0 Å². The molecule has 11 nitrogen and oxygen atoms in total. The topological polar surface area (TPSA) is 114 Å². The highest BCUT2D eigenvalue weighted by molar-refractivity contribution is 5.94. The lowest BCUT2D eigenvalue weighted by Gasteiger charge is -2.27. The summed E-state index contributed by atoms with van der Waals surface area (Å²) in [6.07, 6.45) is 2.50. The summed E-state index contributed by atoms with van der Waals surface area (Å²) in [6.45, 7) is 6.66. The monoisotopic (exact) mass is 509 g/mol. The van der Waals surface area contributed by atoms with Gasteiger partial charge in [-0.2, -0.15) is 0 Å². The van der Waals surface area contributed by atoms with Gasteiger partial charge in [0.2, 0.25) is 11.8 Å². The van der Waals surface area contributed by atoms with Crippen LogP contribution < -0.4 is 21.5 Å². The number of hydrogen-bond acceptors (Lipinski definition) is 6. The molecule has 3 aromatic rings. The number of nitrogens with one attached hydrogen (secondary N) is 1. The van der Waals surface area contributed by atoms with E-state index in [1.165, 1.54) is 17.9 Å². The van der Waals surface area contributed by atoms with Crippen LogP contribution in [0.3, 0.4) is 0 Å². The quantitative estimate of drug-likeness (QED) is 0.557. The van der Waals surface area contributed by atoms with Gasteiger partial charge in [0.15, 0.2) is 5.52 Å². The van der Waals surface area contributed by atoms with Crippen molar-refractivity contribution in [3.63, 3.8) is 0 Å². The summed E-state index contributed by atoms with van der Waals surface area (Å²) >= 11 is 0. The van der Waals surface area contributed by atoms with E-state index in [1.807, 2.05) is 43.0 Å². The average molecular weight is 510 g/mol. The predicted molar refractivity (Wildman–Crippen MR) is 141 cm³/mol. The van der Waals surface area contributed by atoms with Crippen molar-refractivity contribution < 1.29 is 9.59 Å². The lowest BCUT2D eigenvalue weighted by molar-refractivity contribution is -0.131. The van der Waals surface area contributed by atoms with Crippen LogP contribution in [0, 0.1) is 5.92 Å². The Balaban J connectivity index is 1.55. The number of carbonyl (C=O) groups is 2. The predicted octanol–water partition coefficient (Wildman–Crippen LogP) is 0.835. The average Bonchev–Trinajstić information content (AvgIpc) is 3.26. The number of fused-ring (bicyclic) bond motifs is 2. The fourth-order valence-corrected chi connectivity index (χ4v) is 4.78. The number of anilines is 1. The van der Waals surface area contributed by atoms with Crippen molar-refractivity contribution in [2.24, 2.45) is 20.0 Å². The molecule has 2 amide bonds. The second-order valence-electron chi connectivity index (χ2n) is 9.93. The van der Waals surface area contributed by atoms with Gasteiger partial charge in [0.05, 0.1) is 6.33 Å². The molecule has 11 heteroatoms. The normalized spacial score (nSPS) is 15.1. The molecule has 1 aliphatic heterocycles. The molecule has 0 atom stereocenters. The van der Waals surface area contributed by atoms with Gasteiger partial charge in [0, 0.05) is 58.9 Å². The number of carbonyl (C=O) groups excluding carboxylic acids is 2. The summed E-state index contributed by atoms with van der Waals surface area (Å²) in [6, 6.07) is 7.92. The first-order valence-electron chi connectivity index (χ1n) is 12.7. The molecule has 2 aromatic heterocycles. The zero-order valence-corrected chi connectivity index (χ0v) is 21.9. The van der Waals surface area contributed by atoms with Crippen LogP contribution in [0.15, 0.2) is 40.2 Å². The molecular weight excluding hydrogens is 474 g/mol. The first kappa shape index (κ1) is 26.3. The summed E-state index contributed by atoms with van der Waals surface area (Å²) in [5.74, 6) is 0.171. The number of nitrogens with zero attached hydrogens (tertiary/aromatic N) is 6. The van der Waals surface area contributed by atoms with E-state index < -0.39 is 11.2 Å². The molecule has 0 fully saturated rings. The first-order chi connectivity index (χ1) is 17.7. The van der Waals surface area contributed by atoms with Crippen LogP contribution in [0.2, 0.25) is 0 Å². The van der Waals surface area contributed by atoms with Gasteiger partial charge in [-0.3, -0.25) is 23.5 Å². The summed E-state index contributed by atoms with van der Waals surface area (Å²) in [4.78, 5) is 59.2. The van der Waals surface area contributed by atoms with Gasteiger partial charge in [0.25, 0.3) is 5.56 Å². The van der Waals surface area contributed by atoms with Crippen LogP contribution in [-0.4, -0.2) is 61.6 Å². The fourth-order valence-electron chi connectivity index (χ4n) is 4.78. The molecule has 1 N–H and O–H groups in total. The third kappa shape index (κ3) is 5.51. The second-order valence-corrected chi connectivity index (χ2v) is 9.93. The van der Waals surface area contributed by atoms with Crippen LogP contribution in [0.4, 0.5) is 5.69 Å². The van der Waals surface area contributed by atoms with E-state index in [1.54, 1.807) is 16.5 Å². The lowest BCUT2D eigenvalue weighted by Crippen LogP contribution is -2.41. The number of para-hydroxylation sites is 1. The third-order valence-corrected chi connectivity index (χ3v) is 6.72. The van der Waals surface area contributed by atoms with E-state index in [2.05, 4.69) is 10.3 Å². The number of aromatic nitrogens is 4. The Kier molecular flexibility index (Phi) is 7.91. The van der Waals surface area contributed by atoms with Crippen molar-refractivity contribution in [3.8, 4) is 0 Å². The van der Waals surface area contributed by atoms with Gasteiger partial charge < -0.3 is 19.7 Å². The van der Waals surface area contributed by atoms with Crippen LogP contribution in [0.25, 0.3) is 11.2 Å². The first-order valence-corrected chi connectivity index (χ1v) is 12.7. The van der Waals surface area contributed by atoms with Gasteiger partial charge in [0.1, 0.15) is 12.2 Å². The molecule has 37 heavy (non-hydrogen) atoms. The van der Waals surface area contributed by atoms with Crippen molar-refractivity contribution in [3.05, 3.63) is 57.0 Å². The molecule has 0 radical (unpaired) electrons. The Hall–Kier alpha value is -3.73. The molecule has 0 spiro atoms. The lowest BCUT2D eigenvalue weighted by atomic mass is 10.1. The molecule has 0 aliphatic carbocycles. The van der Waals surface area contributed by atoms with Gasteiger partial charge >= 0.3 is 5.69 Å².